The molecule has 0 radical (unpaired) electrons. The average molecular weight is 584 g/mol. The molecule has 9 heteroatoms. The van der Waals surface area contributed by atoms with E-state index in [4.69, 9.17) is 11.6 Å². The Morgan fingerprint density at radius 3 is 2.25 bits per heavy atom. The summed E-state index contributed by atoms with van der Waals surface area (Å²) in [7, 11) is -4.12. The van der Waals surface area contributed by atoms with Crippen molar-refractivity contribution in [3.8, 4) is 0 Å². The molecule has 0 aliphatic rings. The van der Waals surface area contributed by atoms with Gasteiger partial charge in [-0.2, -0.15) is 0 Å². The maximum Gasteiger partial charge on any atom is 0.264 e. The summed E-state index contributed by atoms with van der Waals surface area (Å²) in [4.78, 5) is 28.7. The summed E-state index contributed by atoms with van der Waals surface area (Å²) in [6.45, 7) is 8.93. The minimum absolute atomic E-state index is 0.0760. The van der Waals surface area contributed by atoms with Crippen LogP contribution in [0.15, 0.2) is 77.7 Å². The number of amides is 2. The number of anilines is 1. The smallest absolute Gasteiger partial charge is 0.264 e. The van der Waals surface area contributed by atoms with Crippen molar-refractivity contribution >= 4 is 39.1 Å². The Morgan fingerprint density at radius 1 is 0.950 bits per heavy atom. The van der Waals surface area contributed by atoms with Gasteiger partial charge in [-0.1, -0.05) is 73.5 Å². The van der Waals surface area contributed by atoms with E-state index in [9.17, 15) is 18.0 Å². The fourth-order valence-corrected chi connectivity index (χ4v) is 5.95. The number of halogens is 1. The zero-order valence-corrected chi connectivity index (χ0v) is 25.3. The van der Waals surface area contributed by atoms with E-state index in [-0.39, 0.29) is 23.4 Å². The van der Waals surface area contributed by atoms with E-state index in [1.165, 1.54) is 4.90 Å². The molecule has 1 N–H and O–H groups in total. The molecule has 2 amide bonds. The van der Waals surface area contributed by atoms with E-state index in [0.717, 1.165) is 27.4 Å². The molecule has 0 aromatic heterocycles. The van der Waals surface area contributed by atoms with Crippen LogP contribution in [-0.4, -0.2) is 43.8 Å². The summed E-state index contributed by atoms with van der Waals surface area (Å²) in [6, 6.07) is 19.8. The van der Waals surface area contributed by atoms with E-state index >= 15 is 0 Å². The average Bonchev–Trinajstić information content (AvgIpc) is 2.94. The van der Waals surface area contributed by atoms with Crippen molar-refractivity contribution in [1.82, 2.24) is 10.2 Å². The van der Waals surface area contributed by atoms with Gasteiger partial charge < -0.3 is 10.2 Å². The molecule has 0 heterocycles. The third kappa shape index (κ3) is 7.64. The Bertz CT molecular complexity index is 1430. The first kappa shape index (κ1) is 31.2. The van der Waals surface area contributed by atoms with Crippen LogP contribution >= 0.6 is 11.6 Å². The number of para-hydroxylation sites is 1. The number of aryl methyl sites for hydroxylation is 2. The summed E-state index contributed by atoms with van der Waals surface area (Å²) in [5, 5.41) is 3.44. The molecule has 0 saturated carbocycles. The van der Waals surface area contributed by atoms with Gasteiger partial charge in [0, 0.05) is 17.6 Å². The Morgan fingerprint density at radius 2 is 1.62 bits per heavy atom. The van der Waals surface area contributed by atoms with E-state index in [2.05, 4.69) is 5.32 Å². The van der Waals surface area contributed by atoms with Crippen LogP contribution in [0, 0.1) is 6.92 Å². The van der Waals surface area contributed by atoms with Crippen LogP contribution in [0.2, 0.25) is 5.02 Å². The molecule has 3 rings (SSSR count). The number of hydrogen-bond donors (Lipinski definition) is 1. The van der Waals surface area contributed by atoms with Gasteiger partial charge in [-0.05, 0) is 75.1 Å². The summed E-state index contributed by atoms with van der Waals surface area (Å²) < 4.78 is 29.2. The third-order valence-electron chi connectivity index (χ3n) is 6.94. The summed E-state index contributed by atoms with van der Waals surface area (Å²) in [5.74, 6) is -0.819. The molecular weight excluding hydrogens is 546 g/mol. The quantitative estimate of drug-likeness (QED) is 0.295. The number of benzene rings is 3. The molecule has 0 bridgehead atoms. The van der Waals surface area contributed by atoms with Crippen LogP contribution in [-0.2, 0) is 32.6 Å². The van der Waals surface area contributed by atoms with Gasteiger partial charge in [-0.15, -0.1) is 0 Å². The first-order valence-electron chi connectivity index (χ1n) is 13.5. The van der Waals surface area contributed by atoms with Crippen molar-refractivity contribution in [2.75, 3.05) is 10.8 Å². The van der Waals surface area contributed by atoms with Gasteiger partial charge in [0.25, 0.3) is 10.0 Å². The molecule has 0 fully saturated rings. The Labute approximate surface area is 243 Å². The van der Waals surface area contributed by atoms with Crippen LogP contribution in [0.1, 0.15) is 50.8 Å². The van der Waals surface area contributed by atoms with Crippen molar-refractivity contribution in [3.05, 3.63) is 94.5 Å². The van der Waals surface area contributed by atoms with E-state index in [1.807, 2.05) is 45.9 Å². The Kier molecular flexibility index (Phi) is 10.8. The highest BCUT2D eigenvalue weighted by Gasteiger charge is 2.33. The summed E-state index contributed by atoms with van der Waals surface area (Å²) >= 11 is 6.20. The van der Waals surface area contributed by atoms with E-state index < -0.39 is 28.5 Å². The van der Waals surface area contributed by atoms with Gasteiger partial charge >= 0.3 is 0 Å². The topological polar surface area (TPSA) is 86.8 Å². The van der Waals surface area contributed by atoms with Gasteiger partial charge in [-0.25, -0.2) is 8.42 Å². The predicted octanol–water partition coefficient (Wildman–Crippen LogP) is 5.74. The van der Waals surface area contributed by atoms with Crippen LogP contribution in [0.4, 0.5) is 5.69 Å². The number of rotatable bonds is 12. The number of nitrogens with one attached hydrogen (secondary N) is 1. The molecule has 0 saturated heterocycles. The van der Waals surface area contributed by atoms with Gasteiger partial charge in [0.05, 0.1) is 10.6 Å². The minimum Gasteiger partial charge on any atom is -0.352 e. The lowest BCUT2D eigenvalue weighted by Gasteiger charge is -2.33. The fourth-order valence-electron chi connectivity index (χ4n) is 4.28. The molecule has 2 atom stereocenters. The summed E-state index contributed by atoms with van der Waals surface area (Å²) in [6.07, 6.45) is 1.31. The second kappa shape index (κ2) is 13.8. The van der Waals surface area contributed by atoms with Gasteiger partial charge in [-0.3, -0.25) is 13.9 Å². The highest BCUT2D eigenvalue weighted by Crippen LogP contribution is 2.28. The van der Waals surface area contributed by atoms with Crippen molar-refractivity contribution in [3.63, 3.8) is 0 Å². The normalized spacial score (nSPS) is 12.8. The first-order valence-corrected chi connectivity index (χ1v) is 15.3. The van der Waals surface area contributed by atoms with Crippen LogP contribution in [0.25, 0.3) is 0 Å². The van der Waals surface area contributed by atoms with Crippen LogP contribution < -0.4 is 9.62 Å². The molecule has 0 aliphatic carbocycles. The molecule has 40 heavy (non-hydrogen) atoms. The molecule has 7 nitrogen and oxygen atoms in total. The zero-order chi connectivity index (χ0) is 29.4. The largest absolute Gasteiger partial charge is 0.352 e. The SMILES string of the molecule is CCc1ccccc1N(CC(=O)N(Cc1cccc(Cl)c1)C(C)C(=O)NC(C)CC)S(=O)(=O)c1ccc(C)cc1. The summed E-state index contributed by atoms with van der Waals surface area (Å²) in [5.41, 5.74) is 2.86. The van der Waals surface area contributed by atoms with Crippen molar-refractivity contribution in [1.29, 1.82) is 0 Å². The van der Waals surface area contributed by atoms with Gasteiger partial charge in [0.2, 0.25) is 11.8 Å². The molecule has 0 spiro atoms. The number of sulfonamides is 1. The van der Waals surface area contributed by atoms with Crippen LogP contribution in [0.3, 0.4) is 0 Å². The second-order valence-corrected chi connectivity index (χ2v) is 12.3. The minimum atomic E-state index is -4.12. The van der Waals surface area contributed by atoms with E-state index in [0.29, 0.717) is 17.1 Å². The van der Waals surface area contributed by atoms with Crippen LogP contribution in [0.5, 0.6) is 0 Å². The van der Waals surface area contributed by atoms with E-state index in [1.54, 1.807) is 61.5 Å². The molecule has 3 aromatic carbocycles. The predicted molar refractivity (Wildman–Crippen MR) is 161 cm³/mol. The standard InChI is InChI=1S/C31H38ClN3O4S/c1-6-23(4)33-31(37)24(5)34(20-25-11-10-13-27(32)19-25)30(36)21-35(29-14-9-8-12-26(29)7-2)40(38,39)28-17-15-22(3)16-18-28/h8-19,23-24H,6-7,20-21H2,1-5H3,(H,33,37). The fraction of sp³-hybridized carbons (Fsp3) is 0.355. The second-order valence-electron chi connectivity index (χ2n) is 9.95. The van der Waals surface area contributed by atoms with Crippen molar-refractivity contribution in [2.45, 2.75) is 71.0 Å². The molecular formula is C31H38ClN3O4S. The van der Waals surface area contributed by atoms with Gasteiger partial charge in [0.1, 0.15) is 12.6 Å². The lowest BCUT2D eigenvalue weighted by atomic mass is 10.1. The Hall–Kier alpha value is -3.36. The third-order valence-corrected chi connectivity index (χ3v) is 8.95. The number of carbonyl (C=O) groups excluding carboxylic acids is 2. The maximum atomic E-state index is 14.1. The highest BCUT2D eigenvalue weighted by molar-refractivity contribution is 7.92. The van der Waals surface area contributed by atoms with Crippen molar-refractivity contribution < 1.29 is 18.0 Å². The lowest BCUT2D eigenvalue weighted by molar-refractivity contribution is -0.139. The molecule has 214 valence electrons. The lowest BCUT2D eigenvalue weighted by Crippen LogP contribution is -2.52. The van der Waals surface area contributed by atoms with Gasteiger partial charge in [0.15, 0.2) is 0 Å². The molecule has 0 aliphatic heterocycles. The number of nitrogens with zero attached hydrogens (tertiary/aromatic N) is 2. The first-order chi connectivity index (χ1) is 19.0. The zero-order valence-electron chi connectivity index (χ0n) is 23.7. The monoisotopic (exact) mass is 583 g/mol. The number of hydrogen-bond acceptors (Lipinski definition) is 4. The highest BCUT2D eigenvalue weighted by atomic mass is 35.5. The maximum absolute atomic E-state index is 14.1. The van der Waals surface area contributed by atoms with Crippen molar-refractivity contribution in [2.24, 2.45) is 0 Å². The molecule has 2 unspecified atom stereocenters. The number of carbonyl (C=O) groups is 2. The molecule has 3 aromatic rings. The Balaban J connectivity index is 2.06.